The number of H-pyrrole nitrogens is 1. The van der Waals surface area contributed by atoms with Crippen LogP contribution in [0.4, 0.5) is 30.5 Å². The van der Waals surface area contributed by atoms with Gasteiger partial charge < -0.3 is 20.5 Å². The highest BCUT2D eigenvalue weighted by atomic mass is 19.3. The number of nitrogens with zero attached hydrogens (tertiary/aromatic N) is 5. The molecule has 0 aliphatic heterocycles. The Morgan fingerprint density at radius 3 is 2.53 bits per heavy atom. The van der Waals surface area contributed by atoms with E-state index in [2.05, 4.69) is 35.5 Å². The predicted octanol–water partition coefficient (Wildman–Crippen LogP) is 4.47. The summed E-state index contributed by atoms with van der Waals surface area (Å²) in [6.45, 7) is 0. The molecule has 160 valence electrons. The molecule has 4 N–H and O–H groups in total. The smallest absolute Gasteiger partial charge is 0.314 e. The lowest BCUT2D eigenvalue weighted by atomic mass is 10.0. The van der Waals surface area contributed by atoms with Crippen molar-refractivity contribution in [2.75, 3.05) is 11.1 Å². The van der Waals surface area contributed by atoms with Crippen LogP contribution < -0.4 is 11.1 Å². The van der Waals surface area contributed by atoms with Gasteiger partial charge in [0.15, 0.2) is 0 Å². The van der Waals surface area contributed by atoms with E-state index in [0.717, 1.165) is 0 Å². The van der Waals surface area contributed by atoms with Crippen LogP contribution in [0.25, 0.3) is 33.6 Å². The Balaban J connectivity index is 1.46. The maximum Gasteiger partial charge on any atom is 0.314 e. The molecule has 0 aliphatic rings. The monoisotopic (exact) mass is 438 g/mol. The SMILES string of the molecule is Nc1ccc(-c2cc(Nc3ncc(-c4nnc(C(F)F)o4)cn3)cc3[nH]cnc23)c(F)c1. The summed E-state index contributed by atoms with van der Waals surface area (Å²) in [5, 5.41) is 9.85. The minimum atomic E-state index is -2.87. The number of halogens is 3. The maximum absolute atomic E-state index is 14.6. The number of nitrogen functional groups attached to an aromatic ring is 1. The van der Waals surface area contributed by atoms with Gasteiger partial charge in [-0.15, -0.1) is 10.2 Å². The average Bonchev–Trinajstić information content (AvgIpc) is 3.44. The van der Waals surface area contributed by atoms with E-state index in [4.69, 9.17) is 10.2 Å². The Bertz CT molecular complexity index is 1410. The Labute approximate surface area is 177 Å². The van der Waals surface area contributed by atoms with Crippen molar-refractivity contribution in [1.82, 2.24) is 30.1 Å². The fourth-order valence-corrected chi connectivity index (χ4v) is 3.15. The number of hydrogen-bond donors (Lipinski definition) is 3. The second kappa shape index (κ2) is 7.65. The third kappa shape index (κ3) is 3.57. The quantitative estimate of drug-likeness (QED) is 0.343. The molecule has 0 saturated carbocycles. The van der Waals surface area contributed by atoms with Crippen LogP contribution in [0.5, 0.6) is 0 Å². The number of alkyl halides is 2. The van der Waals surface area contributed by atoms with Crippen LogP contribution >= 0.6 is 0 Å². The number of nitrogens with one attached hydrogen (secondary N) is 2. The molecule has 12 heteroatoms. The zero-order chi connectivity index (χ0) is 22.2. The van der Waals surface area contributed by atoms with E-state index < -0.39 is 18.1 Å². The van der Waals surface area contributed by atoms with E-state index in [0.29, 0.717) is 33.5 Å². The highest BCUT2D eigenvalue weighted by Crippen LogP contribution is 2.33. The number of aromatic nitrogens is 6. The zero-order valence-corrected chi connectivity index (χ0v) is 16.1. The summed E-state index contributed by atoms with van der Waals surface area (Å²) in [5.41, 5.74) is 8.96. The number of anilines is 3. The van der Waals surface area contributed by atoms with Gasteiger partial charge in [0.25, 0.3) is 11.8 Å². The van der Waals surface area contributed by atoms with Crippen molar-refractivity contribution in [3.05, 3.63) is 60.8 Å². The van der Waals surface area contributed by atoms with Crippen LogP contribution in [-0.2, 0) is 0 Å². The summed E-state index contributed by atoms with van der Waals surface area (Å²) in [6, 6.07) is 7.91. The molecule has 0 aliphatic carbocycles. The van der Waals surface area contributed by atoms with Gasteiger partial charge in [0.1, 0.15) is 5.82 Å². The first-order chi connectivity index (χ1) is 15.5. The van der Waals surface area contributed by atoms with E-state index in [-0.39, 0.29) is 17.4 Å². The number of benzene rings is 2. The van der Waals surface area contributed by atoms with Gasteiger partial charge in [-0.2, -0.15) is 8.78 Å². The molecule has 0 atom stereocenters. The average molecular weight is 438 g/mol. The molecule has 0 fully saturated rings. The van der Waals surface area contributed by atoms with Crippen molar-refractivity contribution in [3.63, 3.8) is 0 Å². The molecule has 2 aromatic carbocycles. The lowest BCUT2D eigenvalue weighted by Crippen LogP contribution is -1.98. The van der Waals surface area contributed by atoms with Crippen LogP contribution in [0.1, 0.15) is 12.3 Å². The van der Waals surface area contributed by atoms with Gasteiger partial charge in [0.05, 0.1) is 22.9 Å². The van der Waals surface area contributed by atoms with Crippen LogP contribution in [0.15, 0.2) is 53.5 Å². The highest BCUT2D eigenvalue weighted by molar-refractivity contribution is 5.95. The Kier molecular flexibility index (Phi) is 4.66. The molecule has 0 saturated heterocycles. The van der Waals surface area contributed by atoms with Gasteiger partial charge in [0.2, 0.25) is 5.95 Å². The molecular weight excluding hydrogens is 425 g/mol. The van der Waals surface area contributed by atoms with Gasteiger partial charge in [-0.05, 0) is 30.3 Å². The number of aromatic amines is 1. The Hall–Kier alpha value is -4.48. The van der Waals surface area contributed by atoms with Crippen molar-refractivity contribution >= 4 is 28.4 Å². The molecule has 0 bridgehead atoms. The fraction of sp³-hybridized carbons (Fsp3) is 0.0500. The van der Waals surface area contributed by atoms with Crippen molar-refractivity contribution in [2.24, 2.45) is 0 Å². The number of fused-ring (bicyclic) bond motifs is 1. The van der Waals surface area contributed by atoms with Crippen LogP contribution in [-0.4, -0.2) is 30.1 Å². The van der Waals surface area contributed by atoms with Crippen molar-refractivity contribution in [3.8, 4) is 22.6 Å². The van der Waals surface area contributed by atoms with E-state index in [9.17, 15) is 13.2 Å². The van der Waals surface area contributed by atoms with Gasteiger partial charge in [-0.3, -0.25) is 0 Å². The number of hydrogen-bond acceptors (Lipinski definition) is 8. The minimum Gasteiger partial charge on any atom is -0.415 e. The molecular formula is C20H13F3N8O. The molecule has 3 aromatic heterocycles. The molecule has 0 amide bonds. The summed E-state index contributed by atoms with van der Waals surface area (Å²) in [7, 11) is 0. The van der Waals surface area contributed by atoms with E-state index in [1.165, 1.54) is 24.8 Å². The van der Waals surface area contributed by atoms with Gasteiger partial charge >= 0.3 is 6.43 Å². The normalized spacial score (nSPS) is 11.4. The molecule has 0 spiro atoms. The van der Waals surface area contributed by atoms with Crippen LogP contribution in [0, 0.1) is 5.82 Å². The number of nitrogens with two attached hydrogens (primary N) is 1. The first-order valence-corrected chi connectivity index (χ1v) is 9.21. The van der Waals surface area contributed by atoms with Gasteiger partial charge in [0, 0.05) is 34.9 Å². The van der Waals surface area contributed by atoms with Crippen LogP contribution in [0.2, 0.25) is 0 Å². The largest absolute Gasteiger partial charge is 0.415 e. The lowest BCUT2D eigenvalue weighted by Gasteiger charge is -2.10. The summed E-state index contributed by atoms with van der Waals surface area (Å²) in [4.78, 5) is 15.6. The maximum atomic E-state index is 14.6. The molecule has 3 heterocycles. The molecule has 32 heavy (non-hydrogen) atoms. The van der Waals surface area contributed by atoms with Crippen molar-refractivity contribution in [1.29, 1.82) is 0 Å². The van der Waals surface area contributed by atoms with Gasteiger partial charge in [-0.1, -0.05) is 0 Å². The predicted molar refractivity (Wildman–Crippen MR) is 109 cm³/mol. The second-order valence-electron chi connectivity index (χ2n) is 6.73. The van der Waals surface area contributed by atoms with Crippen molar-refractivity contribution < 1.29 is 17.6 Å². The molecule has 9 nitrogen and oxygen atoms in total. The van der Waals surface area contributed by atoms with E-state index in [1.807, 2.05) is 0 Å². The topological polar surface area (TPSA) is 131 Å². The first kappa shape index (κ1) is 19.5. The highest BCUT2D eigenvalue weighted by Gasteiger charge is 2.18. The standard InChI is InChI=1S/C20H13F3N8O/c21-14-3-10(24)1-2-12(14)13-4-11(5-15-16(13)28-8-27-15)29-20-25-6-9(7-26-20)18-30-31-19(32-18)17(22)23/h1-8,17H,24H2,(H,27,28)(H,25,26,29). The van der Waals surface area contributed by atoms with Crippen LogP contribution in [0.3, 0.4) is 0 Å². The first-order valence-electron chi connectivity index (χ1n) is 9.21. The minimum absolute atomic E-state index is 0.119. The summed E-state index contributed by atoms with van der Waals surface area (Å²) in [6.07, 6.45) is 1.35. The Morgan fingerprint density at radius 2 is 1.81 bits per heavy atom. The Morgan fingerprint density at radius 1 is 1.00 bits per heavy atom. The second-order valence-corrected chi connectivity index (χ2v) is 6.73. The van der Waals surface area contributed by atoms with E-state index >= 15 is 0 Å². The summed E-state index contributed by atoms with van der Waals surface area (Å²) < 4.78 is 44.7. The molecule has 5 aromatic rings. The fourth-order valence-electron chi connectivity index (χ4n) is 3.15. The third-order valence-corrected chi connectivity index (χ3v) is 4.59. The molecule has 0 radical (unpaired) electrons. The van der Waals surface area contributed by atoms with E-state index in [1.54, 1.807) is 24.3 Å². The number of imidazole rings is 1. The molecule has 5 rings (SSSR count). The number of rotatable bonds is 5. The van der Waals surface area contributed by atoms with Crippen molar-refractivity contribution in [2.45, 2.75) is 6.43 Å². The third-order valence-electron chi connectivity index (χ3n) is 4.59. The van der Waals surface area contributed by atoms with Gasteiger partial charge in [-0.25, -0.2) is 19.3 Å². The molecule has 0 unspecified atom stereocenters. The zero-order valence-electron chi connectivity index (χ0n) is 16.1. The lowest BCUT2D eigenvalue weighted by molar-refractivity contribution is 0.116. The summed E-state index contributed by atoms with van der Waals surface area (Å²) >= 11 is 0. The summed E-state index contributed by atoms with van der Waals surface area (Å²) in [5.74, 6) is -1.16.